The molecule has 0 spiro atoms. The second kappa shape index (κ2) is 12.5. The van der Waals surface area contributed by atoms with E-state index < -0.39 is 0 Å². The van der Waals surface area contributed by atoms with Crippen molar-refractivity contribution in [2.75, 3.05) is 37.4 Å². The summed E-state index contributed by atoms with van der Waals surface area (Å²) >= 11 is 0. The summed E-state index contributed by atoms with van der Waals surface area (Å²) in [5.41, 5.74) is 12.5. The van der Waals surface area contributed by atoms with Crippen molar-refractivity contribution in [3.05, 3.63) is 103 Å². The molecule has 1 atom stereocenters. The van der Waals surface area contributed by atoms with E-state index in [1.807, 2.05) is 65.2 Å². The van der Waals surface area contributed by atoms with E-state index in [1.165, 1.54) is 6.33 Å². The molecule has 1 aliphatic rings. The number of imidazole rings is 1. The maximum Gasteiger partial charge on any atom is 0.236 e. The lowest BCUT2D eigenvalue weighted by atomic mass is 10.1. The number of rotatable bonds is 7. The van der Waals surface area contributed by atoms with Crippen LogP contribution in [0.4, 0.5) is 11.8 Å². The molecule has 0 amide bonds. The van der Waals surface area contributed by atoms with Crippen molar-refractivity contribution in [3.8, 4) is 34.4 Å². The van der Waals surface area contributed by atoms with Gasteiger partial charge in [0.2, 0.25) is 11.8 Å². The van der Waals surface area contributed by atoms with Gasteiger partial charge < -0.3 is 15.8 Å². The zero-order valence-corrected chi connectivity index (χ0v) is 24.3. The quantitative estimate of drug-likeness (QED) is 0.274. The van der Waals surface area contributed by atoms with Gasteiger partial charge in [0.15, 0.2) is 11.5 Å². The van der Waals surface area contributed by atoms with E-state index in [0.717, 1.165) is 58.9 Å². The Labute approximate surface area is 259 Å². The van der Waals surface area contributed by atoms with Crippen LogP contribution in [-0.4, -0.2) is 71.7 Å². The predicted molar refractivity (Wildman–Crippen MR) is 170 cm³/mol. The first-order valence-electron chi connectivity index (χ1n) is 14.6. The molecule has 45 heavy (non-hydrogen) atoms. The number of nitrogens with two attached hydrogens (primary N) is 1. The minimum absolute atomic E-state index is 0.0459. The number of anilines is 2. The lowest BCUT2D eigenvalue weighted by Crippen LogP contribution is -2.37. The molecule has 0 aliphatic carbocycles. The Kier molecular flexibility index (Phi) is 7.76. The fraction of sp³-hybridized carbons (Fsp3) is 0.182. The predicted octanol–water partition coefficient (Wildman–Crippen LogP) is 4.10. The molecule has 12 heteroatoms. The standard InChI is InChI=1S/C33H29N11O/c34-17-29-37-21-38-33(42-29)39-24-19-43(15-16-45-20-24)18-22-8-10-25(11-9-22)44-31(26-7-4-14-36-30(26)35)41-28-13-12-27(40-32(28)44)23-5-2-1-3-6-23/h1-14,21,24H,15-16,18-20H2,(H2,35,36)(H,37,38,39,42). The van der Waals surface area contributed by atoms with Crippen LogP contribution >= 0.6 is 0 Å². The van der Waals surface area contributed by atoms with Crippen molar-refractivity contribution < 1.29 is 4.74 Å². The van der Waals surface area contributed by atoms with Gasteiger partial charge in [0, 0.05) is 37.1 Å². The second-order valence-corrected chi connectivity index (χ2v) is 10.7. The number of nitrogen functional groups attached to an aromatic ring is 1. The van der Waals surface area contributed by atoms with E-state index in [1.54, 1.807) is 6.20 Å². The summed E-state index contributed by atoms with van der Waals surface area (Å²) in [6, 6.07) is 28.2. The van der Waals surface area contributed by atoms with Crippen LogP contribution in [0.5, 0.6) is 0 Å². The first-order valence-corrected chi connectivity index (χ1v) is 14.6. The molecule has 6 aromatic rings. The Balaban J connectivity index is 1.18. The van der Waals surface area contributed by atoms with Gasteiger partial charge in [-0.3, -0.25) is 9.47 Å². The normalized spacial score (nSPS) is 15.4. The fourth-order valence-corrected chi connectivity index (χ4v) is 5.48. The average Bonchev–Trinajstić information content (AvgIpc) is 3.32. The summed E-state index contributed by atoms with van der Waals surface area (Å²) in [5.74, 6) is 1.52. The van der Waals surface area contributed by atoms with E-state index in [4.69, 9.17) is 25.7 Å². The van der Waals surface area contributed by atoms with E-state index in [0.29, 0.717) is 30.8 Å². The molecule has 1 fully saturated rings. The average molecular weight is 596 g/mol. The van der Waals surface area contributed by atoms with Gasteiger partial charge in [-0.1, -0.05) is 42.5 Å². The summed E-state index contributed by atoms with van der Waals surface area (Å²) in [4.78, 5) is 28.8. The van der Waals surface area contributed by atoms with Crippen LogP contribution in [-0.2, 0) is 11.3 Å². The molecule has 2 aromatic carbocycles. The number of hydrogen-bond donors (Lipinski definition) is 2. The molecule has 12 nitrogen and oxygen atoms in total. The number of benzene rings is 2. The van der Waals surface area contributed by atoms with Gasteiger partial charge in [-0.25, -0.2) is 24.9 Å². The largest absolute Gasteiger partial charge is 0.383 e. The smallest absolute Gasteiger partial charge is 0.236 e. The summed E-state index contributed by atoms with van der Waals surface area (Å²) in [5, 5.41) is 12.4. The number of nitriles is 1. The molecular formula is C33H29N11O. The van der Waals surface area contributed by atoms with Gasteiger partial charge in [0.25, 0.3) is 0 Å². The lowest BCUT2D eigenvalue weighted by molar-refractivity contribution is 0.137. The summed E-state index contributed by atoms with van der Waals surface area (Å²) in [7, 11) is 0. The summed E-state index contributed by atoms with van der Waals surface area (Å²) < 4.78 is 7.89. The van der Waals surface area contributed by atoms with E-state index in [2.05, 4.69) is 54.4 Å². The van der Waals surface area contributed by atoms with Crippen LogP contribution < -0.4 is 11.1 Å². The molecule has 1 aliphatic heterocycles. The van der Waals surface area contributed by atoms with Crippen molar-refractivity contribution in [2.45, 2.75) is 12.6 Å². The van der Waals surface area contributed by atoms with Gasteiger partial charge in [-0.15, -0.1) is 0 Å². The van der Waals surface area contributed by atoms with Crippen molar-refractivity contribution in [3.63, 3.8) is 0 Å². The third-order valence-electron chi connectivity index (χ3n) is 7.61. The molecule has 7 rings (SSSR count). The molecular weight excluding hydrogens is 566 g/mol. The molecule has 0 bridgehead atoms. The van der Waals surface area contributed by atoms with Crippen LogP contribution in [0, 0.1) is 11.3 Å². The maximum atomic E-state index is 9.12. The summed E-state index contributed by atoms with van der Waals surface area (Å²) in [6.07, 6.45) is 3.01. The Hall–Kier alpha value is -5.77. The first-order chi connectivity index (χ1) is 22.1. The van der Waals surface area contributed by atoms with Crippen molar-refractivity contribution in [1.82, 2.24) is 39.4 Å². The van der Waals surface area contributed by atoms with Gasteiger partial charge in [0.05, 0.1) is 30.5 Å². The third-order valence-corrected chi connectivity index (χ3v) is 7.61. The van der Waals surface area contributed by atoms with Gasteiger partial charge in [-0.05, 0) is 42.0 Å². The van der Waals surface area contributed by atoms with Crippen LogP contribution in [0.15, 0.2) is 91.4 Å². The van der Waals surface area contributed by atoms with E-state index in [9.17, 15) is 0 Å². The van der Waals surface area contributed by atoms with Crippen molar-refractivity contribution >= 4 is 22.9 Å². The summed E-state index contributed by atoms with van der Waals surface area (Å²) in [6.45, 7) is 3.35. The minimum Gasteiger partial charge on any atom is -0.383 e. The Morgan fingerprint density at radius 1 is 0.933 bits per heavy atom. The first kappa shape index (κ1) is 28.0. The molecule has 3 N–H and O–H groups in total. The third kappa shape index (κ3) is 6.03. The number of nitrogens with one attached hydrogen (secondary N) is 1. The zero-order chi connectivity index (χ0) is 30.6. The molecule has 4 aromatic heterocycles. The van der Waals surface area contributed by atoms with Crippen molar-refractivity contribution in [2.24, 2.45) is 0 Å². The monoisotopic (exact) mass is 595 g/mol. The molecule has 0 radical (unpaired) electrons. The van der Waals surface area contributed by atoms with Crippen LogP contribution in [0.2, 0.25) is 0 Å². The topological polar surface area (TPSA) is 157 Å². The number of aromatic nitrogens is 7. The maximum absolute atomic E-state index is 9.12. The van der Waals surface area contributed by atoms with Gasteiger partial charge in [0.1, 0.15) is 23.7 Å². The minimum atomic E-state index is -0.0459. The zero-order valence-electron chi connectivity index (χ0n) is 24.3. The van der Waals surface area contributed by atoms with Gasteiger partial charge >= 0.3 is 0 Å². The number of pyridine rings is 2. The molecule has 222 valence electrons. The molecule has 5 heterocycles. The number of fused-ring (bicyclic) bond motifs is 1. The second-order valence-electron chi connectivity index (χ2n) is 10.7. The van der Waals surface area contributed by atoms with Gasteiger partial charge in [-0.2, -0.15) is 10.2 Å². The Morgan fingerprint density at radius 3 is 2.62 bits per heavy atom. The highest BCUT2D eigenvalue weighted by Gasteiger charge is 2.21. The number of ether oxygens (including phenoxy) is 1. The lowest BCUT2D eigenvalue weighted by Gasteiger charge is -2.24. The number of nitrogens with zero attached hydrogens (tertiary/aromatic N) is 9. The molecule has 0 saturated carbocycles. The van der Waals surface area contributed by atoms with Crippen LogP contribution in [0.1, 0.15) is 11.4 Å². The highest BCUT2D eigenvalue weighted by Crippen LogP contribution is 2.32. The van der Waals surface area contributed by atoms with E-state index in [-0.39, 0.29) is 11.9 Å². The van der Waals surface area contributed by atoms with E-state index >= 15 is 0 Å². The highest BCUT2D eigenvalue weighted by molar-refractivity contribution is 5.84. The van der Waals surface area contributed by atoms with Crippen LogP contribution in [0.25, 0.3) is 39.5 Å². The molecule has 1 saturated heterocycles. The highest BCUT2D eigenvalue weighted by atomic mass is 16.5. The number of hydrogen-bond acceptors (Lipinski definition) is 11. The Bertz CT molecular complexity index is 1990. The van der Waals surface area contributed by atoms with Crippen LogP contribution in [0.3, 0.4) is 0 Å². The van der Waals surface area contributed by atoms with Crippen molar-refractivity contribution in [1.29, 1.82) is 5.26 Å². The SMILES string of the molecule is N#Cc1ncnc(NC2COCCN(Cc3ccc(-n4c(-c5cccnc5N)nc5ccc(-c6ccccc6)nc54)cc3)C2)n1. The molecule has 1 unspecified atom stereocenters. The Morgan fingerprint density at radius 2 is 1.80 bits per heavy atom. The fourth-order valence-electron chi connectivity index (χ4n) is 5.48.